The van der Waals surface area contributed by atoms with E-state index in [-0.39, 0.29) is 34.2 Å². The van der Waals surface area contributed by atoms with E-state index in [4.69, 9.17) is 16.3 Å². The molecule has 150 valence electrons. The molecule has 1 N–H and O–H groups in total. The van der Waals surface area contributed by atoms with E-state index in [1.165, 1.54) is 22.5 Å². The molecule has 1 aliphatic rings. The Bertz CT molecular complexity index is 928. The summed E-state index contributed by atoms with van der Waals surface area (Å²) in [6.07, 6.45) is 1.73. The van der Waals surface area contributed by atoms with Crippen LogP contribution in [0.5, 0.6) is 5.75 Å². The van der Waals surface area contributed by atoms with Crippen LogP contribution in [0.1, 0.15) is 31.4 Å². The number of rotatable bonds is 7. The van der Waals surface area contributed by atoms with Crippen LogP contribution in [-0.4, -0.2) is 38.3 Å². The van der Waals surface area contributed by atoms with Crippen LogP contribution in [0.4, 0.5) is 0 Å². The molecule has 28 heavy (non-hydrogen) atoms. The van der Waals surface area contributed by atoms with Gasteiger partial charge in [0.1, 0.15) is 5.75 Å². The van der Waals surface area contributed by atoms with E-state index in [9.17, 15) is 13.2 Å². The first-order valence-electron chi connectivity index (χ1n) is 9.15. The van der Waals surface area contributed by atoms with Crippen molar-refractivity contribution >= 4 is 27.5 Å². The predicted octanol–water partition coefficient (Wildman–Crippen LogP) is 3.38. The number of nitrogens with zero attached hydrogens (tertiary/aromatic N) is 1. The summed E-state index contributed by atoms with van der Waals surface area (Å²) in [5.74, 6) is -0.0225. The fraction of sp³-hybridized carbons (Fsp3) is 0.350. The second-order valence-corrected chi connectivity index (χ2v) is 9.04. The molecule has 0 aliphatic carbocycles. The third kappa shape index (κ3) is 4.84. The van der Waals surface area contributed by atoms with Crippen molar-refractivity contribution in [3.05, 3.63) is 59.1 Å². The summed E-state index contributed by atoms with van der Waals surface area (Å²) < 4.78 is 32.1. The molecule has 0 unspecified atom stereocenters. The third-order valence-corrected chi connectivity index (χ3v) is 6.83. The Kier molecular flexibility index (Phi) is 6.59. The summed E-state index contributed by atoms with van der Waals surface area (Å²) in [5, 5.41) is 3.01. The van der Waals surface area contributed by atoms with Crippen LogP contribution in [0.15, 0.2) is 53.4 Å². The van der Waals surface area contributed by atoms with Crippen LogP contribution in [0, 0.1) is 0 Å². The van der Waals surface area contributed by atoms with Crippen molar-refractivity contribution in [2.24, 2.45) is 0 Å². The van der Waals surface area contributed by atoms with Crippen molar-refractivity contribution < 1.29 is 17.9 Å². The molecule has 8 heteroatoms. The van der Waals surface area contributed by atoms with Crippen LogP contribution < -0.4 is 10.1 Å². The van der Waals surface area contributed by atoms with Gasteiger partial charge in [0.05, 0.1) is 16.0 Å². The van der Waals surface area contributed by atoms with Crippen LogP contribution >= 0.6 is 11.6 Å². The van der Waals surface area contributed by atoms with Gasteiger partial charge in [-0.15, -0.1) is 0 Å². The van der Waals surface area contributed by atoms with Crippen LogP contribution in [0.2, 0.25) is 5.02 Å². The lowest BCUT2D eigenvalue weighted by atomic mass is 10.1. The third-order valence-electron chi connectivity index (χ3n) is 4.64. The highest BCUT2D eigenvalue weighted by Gasteiger charge is 2.27. The van der Waals surface area contributed by atoms with Gasteiger partial charge in [-0.05, 0) is 43.5 Å². The molecule has 0 aromatic heterocycles. The van der Waals surface area contributed by atoms with Crippen molar-refractivity contribution in [1.82, 2.24) is 9.62 Å². The number of nitrogens with one attached hydrogen (secondary N) is 1. The molecule has 1 atom stereocenters. The van der Waals surface area contributed by atoms with Crippen LogP contribution in [-0.2, 0) is 14.8 Å². The van der Waals surface area contributed by atoms with Crippen molar-refractivity contribution in [2.45, 2.75) is 30.7 Å². The Morgan fingerprint density at radius 3 is 2.50 bits per heavy atom. The molecule has 0 radical (unpaired) electrons. The highest BCUT2D eigenvalue weighted by atomic mass is 35.5. The van der Waals surface area contributed by atoms with E-state index in [1.54, 1.807) is 0 Å². The number of carbonyl (C=O) groups excluding carboxylic acids is 1. The Morgan fingerprint density at radius 1 is 1.18 bits per heavy atom. The first-order chi connectivity index (χ1) is 13.4. The number of benzene rings is 2. The number of hydrogen-bond acceptors (Lipinski definition) is 4. The van der Waals surface area contributed by atoms with Gasteiger partial charge in [-0.25, -0.2) is 8.42 Å². The standard InChI is InChI=1S/C20H23ClN2O4S/c1-15(16-7-3-2-4-8-16)22-20(24)14-27-19-10-9-17(13-18(19)21)28(25,26)23-11-5-6-12-23/h2-4,7-10,13,15H,5-6,11-12,14H2,1H3,(H,22,24)/t15-/m1/s1. The number of hydrogen-bond donors (Lipinski definition) is 1. The van der Waals surface area contributed by atoms with E-state index in [1.807, 2.05) is 37.3 Å². The predicted molar refractivity (Wildman–Crippen MR) is 108 cm³/mol. The maximum absolute atomic E-state index is 12.6. The minimum Gasteiger partial charge on any atom is -0.482 e. The smallest absolute Gasteiger partial charge is 0.258 e. The second-order valence-electron chi connectivity index (χ2n) is 6.69. The summed E-state index contributed by atoms with van der Waals surface area (Å²) in [6, 6.07) is 13.8. The lowest BCUT2D eigenvalue weighted by Gasteiger charge is -2.17. The van der Waals surface area contributed by atoms with E-state index in [0.717, 1.165) is 18.4 Å². The van der Waals surface area contributed by atoms with E-state index >= 15 is 0 Å². The highest BCUT2D eigenvalue weighted by molar-refractivity contribution is 7.89. The molecule has 0 bridgehead atoms. The van der Waals surface area contributed by atoms with E-state index < -0.39 is 10.0 Å². The van der Waals surface area contributed by atoms with Gasteiger partial charge in [-0.1, -0.05) is 41.9 Å². The zero-order chi connectivity index (χ0) is 20.1. The quantitative estimate of drug-likeness (QED) is 0.742. The van der Waals surface area contributed by atoms with Crippen LogP contribution in [0.25, 0.3) is 0 Å². The fourth-order valence-corrected chi connectivity index (χ4v) is 4.93. The van der Waals surface area contributed by atoms with Crippen molar-refractivity contribution in [1.29, 1.82) is 0 Å². The van der Waals surface area contributed by atoms with Crippen molar-refractivity contribution in [3.8, 4) is 5.75 Å². The average Bonchev–Trinajstić information content (AvgIpc) is 3.23. The lowest BCUT2D eigenvalue weighted by molar-refractivity contribution is -0.123. The van der Waals surface area contributed by atoms with Gasteiger partial charge in [0.15, 0.2) is 6.61 Å². The minimum atomic E-state index is -3.54. The van der Waals surface area contributed by atoms with Crippen molar-refractivity contribution in [3.63, 3.8) is 0 Å². The number of halogens is 1. The maximum Gasteiger partial charge on any atom is 0.258 e. The van der Waals surface area contributed by atoms with E-state index in [0.29, 0.717) is 13.1 Å². The Morgan fingerprint density at radius 2 is 1.86 bits per heavy atom. The minimum absolute atomic E-state index is 0.133. The Balaban J connectivity index is 1.60. The molecule has 1 amide bonds. The Hall–Kier alpha value is -2.09. The molecule has 3 rings (SSSR count). The topological polar surface area (TPSA) is 75.7 Å². The summed E-state index contributed by atoms with van der Waals surface area (Å²) in [7, 11) is -3.54. The zero-order valence-corrected chi connectivity index (χ0v) is 17.2. The summed E-state index contributed by atoms with van der Waals surface area (Å²) in [6.45, 7) is 2.73. The van der Waals surface area contributed by atoms with Gasteiger partial charge < -0.3 is 10.1 Å². The zero-order valence-electron chi connectivity index (χ0n) is 15.6. The summed E-state index contributed by atoms with van der Waals surface area (Å²) in [5.41, 5.74) is 0.991. The maximum atomic E-state index is 12.6. The molecule has 1 fully saturated rings. The highest BCUT2D eigenvalue weighted by Crippen LogP contribution is 2.29. The SMILES string of the molecule is C[C@@H](NC(=O)COc1ccc(S(=O)(=O)N2CCCC2)cc1Cl)c1ccccc1. The summed E-state index contributed by atoms with van der Waals surface area (Å²) in [4.78, 5) is 12.3. The molecule has 1 aliphatic heterocycles. The molecule has 2 aromatic carbocycles. The molecule has 1 saturated heterocycles. The number of ether oxygens (including phenoxy) is 1. The molecule has 0 spiro atoms. The normalized spacial score (nSPS) is 15.9. The van der Waals surface area contributed by atoms with Gasteiger partial charge in [-0.2, -0.15) is 4.31 Å². The molecule has 6 nitrogen and oxygen atoms in total. The molecular weight excluding hydrogens is 400 g/mol. The van der Waals surface area contributed by atoms with Crippen LogP contribution in [0.3, 0.4) is 0 Å². The van der Waals surface area contributed by atoms with E-state index in [2.05, 4.69) is 5.32 Å². The number of amides is 1. The van der Waals surface area contributed by atoms with Crippen molar-refractivity contribution in [2.75, 3.05) is 19.7 Å². The molecular formula is C20H23ClN2O4S. The molecule has 2 aromatic rings. The number of carbonyl (C=O) groups is 1. The largest absolute Gasteiger partial charge is 0.482 e. The van der Waals surface area contributed by atoms with Gasteiger partial charge in [0.25, 0.3) is 5.91 Å². The molecule has 1 heterocycles. The van der Waals surface area contributed by atoms with Gasteiger partial charge in [-0.3, -0.25) is 4.79 Å². The van der Waals surface area contributed by atoms with Gasteiger partial charge in [0, 0.05) is 13.1 Å². The van der Waals surface area contributed by atoms with Gasteiger partial charge in [0.2, 0.25) is 10.0 Å². The fourth-order valence-electron chi connectivity index (χ4n) is 3.09. The second kappa shape index (κ2) is 8.94. The Labute approximate surface area is 170 Å². The first kappa shape index (κ1) is 20.6. The lowest BCUT2D eigenvalue weighted by Crippen LogP contribution is -2.31. The average molecular weight is 423 g/mol. The first-order valence-corrected chi connectivity index (χ1v) is 11.0. The summed E-state index contributed by atoms with van der Waals surface area (Å²) >= 11 is 6.19. The van der Waals surface area contributed by atoms with Gasteiger partial charge >= 0.3 is 0 Å². The molecule has 0 saturated carbocycles. The number of sulfonamides is 1. The monoisotopic (exact) mass is 422 g/mol.